The molecule has 2 rings (SSSR count). The quantitative estimate of drug-likeness (QED) is 0.592. The zero-order valence-electron chi connectivity index (χ0n) is 10.0. The van der Waals surface area contributed by atoms with Crippen LogP contribution in [0, 0.1) is 11.6 Å². The second kappa shape index (κ2) is 5.80. The minimum atomic E-state index is -4.69. The first-order valence-electron chi connectivity index (χ1n) is 5.33. The van der Waals surface area contributed by atoms with Crippen LogP contribution >= 0.6 is 27.7 Å². The van der Waals surface area contributed by atoms with E-state index in [0.717, 1.165) is 24.4 Å². The first-order valence-corrected chi connectivity index (χ1v) is 6.94. The van der Waals surface area contributed by atoms with Gasteiger partial charge in [-0.05, 0) is 34.1 Å². The zero-order chi connectivity index (χ0) is 15.8. The first-order chi connectivity index (χ1) is 9.68. The molecule has 0 spiro atoms. The fraction of sp³-hybridized carbons (Fsp3) is 0.0833. The third-order valence-corrected chi connectivity index (χ3v) is 3.89. The Hall–Kier alpha value is -1.35. The molecule has 2 nitrogen and oxygen atoms in total. The maximum atomic E-state index is 13.6. The lowest BCUT2D eigenvalue weighted by atomic mass is 10.3. The van der Waals surface area contributed by atoms with Crippen LogP contribution in [0.2, 0.25) is 0 Å². The second-order valence-electron chi connectivity index (χ2n) is 3.92. The molecule has 2 N–H and O–H groups in total. The van der Waals surface area contributed by atoms with E-state index >= 15 is 0 Å². The van der Waals surface area contributed by atoms with Crippen molar-refractivity contribution in [2.75, 3.05) is 5.73 Å². The van der Waals surface area contributed by atoms with Crippen molar-refractivity contribution in [2.24, 2.45) is 0 Å². The Labute approximate surface area is 128 Å². The molecule has 0 unspecified atom stereocenters. The molecular weight excluding hydrogens is 379 g/mol. The van der Waals surface area contributed by atoms with Gasteiger partial charge in [0, 0.05) is 16.4 Å². The summed E-state index contributed by atoms with van der Waals surface area (Å²) in [5.41, 5.74) is 4.01. The SMILES string of the molecule is Nc1cc(F)c(Sc2ncc(Br)cc2C(F)(F)F)c(F)c1. The van der Waals surface area contributed by atoms with Gasteiger partial charge in [0.15, 0.2) is 0 Å². The lowest BCUT2D eigenvalue weighted by Crippen LogP contribution is -2.08. The molecule has 112 valence electrons. The Morgan fingerprint density at radius 2 is 1.67 bits per heavy atom. The fourth-order valence-corrected chi connectivity index (χ4v) is 2.71. The van der Waals surface area contributed by atoms with E-state index in [0.29, 0.717) is 0 Å². The van der Waals surface area contributed by atoms with Gasteiger partial charge in [-0.25, -0.2) is 13.8 Å². The lowest BCUT2D eigenvalue weighted by molar-refractivity contribution is -0.140. The Bertz CT molecular complexity index is 667. The van der Waals surface area contributed by atoms with Gasteiger partial charge < -0.3 is 5.73 Å². The summed E-state index contributed by atoms with van der Waals surface area (Å²) in [6.07, 6.45) is -3.58. The summed E-state index contributed by atoms with van der Waals surface area (Å²) in [5.74, 6) is -2.09. The predicted octanol–water partition coefficient (Wildman–Crippen LogP) is 4.87. The van der Waals surface area contributed by atoms with Crippen LogP contribution in [-0.4, -0.2) is 4.98 Å². The zero-order valence-corrected chi connectivity index (χ0v) is 12.4. The van der Waals surface area contributed by atoms with Crippen LogP contribution in [0.3, 0.4) is 0 Å². The van der Waals surface area contributed by atoms with Gasteiger partial charge in [0.2, 0.25) is 0 Å². The van der Waals surface area contributed by atoms with Crippen molar-refractivity contribution in [2.45, 2.75) is 16.1 Å². The van der Waals surface area contributed by atoms with E-state index in [-0.39, 0.29) is 21.9 Å². The predicted molar refractivity (Wildman–Crippen MR) is 71.8 cm³/mol. The highest BCUT2D eigenvalue weighted by molar-refractivity contribution is 9.10. The lowest BCUT2D eigenvalue weighted by Gasteiger charge is -2.12. The summed E-state index contributed by atoms with van der Waals surface area (Å²) < 4.78 is 66.1. The van der Waals surface area contributed by atoms with Gasteiger partial charge in [-0.2, -0.15) is 13.2 Å². The topological polar surface area (TPSA) is 38.9 Å². The van der Waals surface area contributed by atoms with Gasteiger partial charge in [0.1, 0.15) is 16.7 Å². The minimum absolute atomic E-state index is 0.109. The number of anilines is 1. The minimum Gasteiger partial charge on any atom is -0.399 e. The highest BCUT2D eigenvalue weighted by atomic mass is 79.9. The molecule has 0 aliphatic rings. The van der Waals surface area contributed by atoms with Crippen LogP contribution in [0.5, 0.6) is 0 Å². The van der Waals surface area contributed by atoms with Crippen LogP contribution in [0.15, 0.2) is 38.8 Å². The van der Waals surface area contributed by atoms with Crippen molar-refractivity contribution in [1.29, 1.82) is 0 Å². The summed E-state index contributed by atoms with van der Waals surface area (Å²) in [7, 11) is 0. The van der Waals surface area contributed by atoms with Gasteiger partial charge >= 0.3 is 6.18 Å². The summed E-state index contributed by atoms with van der Waals surface area (Å²) in [6, 6.07) is 2.46. The molecule has 1 heterocycles. The molecule has 0 atom stereocenters. The molecule has 0 radical (unpaired) electrons. The normalized spacial score (nSPS) is 11.7. The molecule has 1 aromatic carbocycles. The molecular formula is C12H6BrF5N2S. The van der Waals surface area contributed by atoms with E-state index in [1.54, 1.807) is 0 Å². The molecule has 0 saturated heterocycles. The second-order valence-corrected chi connectivity index (χ2v) is 5.83. The number of aromatic nitrogens is 1. The summed E-state index contributed by atoms with van der Waals surface area (Å²) >= 11 is 3.13. The summed E-state index contributed by atoms with van der Waals surface area (Å²) in [5, 5.41) is -0.548. The molecule has 1 aromatic heterocycles. The van der Waals surface area contributed by atoms with Crippen molar-refractivity contribution in [3.63, 3.8) is 0 Å². The van der Waals surface area contributed by atoms with Gasteiger partial charge in [-0.1, -0.05) is 11.8 Å². The Balaban J connectivity index is 2.50. The van der Waals surface area contributed by atoms with E-state index in [9.17, 15) is 22.0 Å². The van der Waals surface area contributed by atoms with Crippen molar-refractivity contribution >= 4 is 33.4 Å². The molecule has 2 aromatic rings. The van der Waals surface area contributed by atoms with Crippen LogP contribution in [-0.2, 0) is 6.18 Å². The van der Waals surface area contributed by atoms with E-state index in [1.165, 1.54) is 0 Å². The average Bonchev–Trinajstić information content (AvgIpc) is 2.34. The summed E-state index contributed by atoms with van der Waals surface area (Å²) in [4.78, 5) is 2.98. The summed E-state index contributed by atoms with van der Waals surface area (Å²) in [6.45, 7) is 0. The van der Waals surface area contributed by atoms with E-state index < -0.39 is 33.3 Å². The van der Waals surface area contributed by atoms with Gasteiger partial charge in [0.25, 0.3) is 0 Å². The van der Waals surface area contributed by atoms with Crippen molar-refractivity contribution in [1.82, 2.24) is 4.98 Å². The number of nitrogens with two attached hydrogens (primary N) is 1. The molecule has 0 bridgehead atoms. The number of hydrogen-bond acceptors (Lipinski definition) is 3. The number of halogens is 6. The Morgan fingerprint density at radius 1 is 1.10 bits per heavy atom. The third kappa shape index (κ3) is 3.65. The van der Waals surface area contributed by atoms with Crippen molar-refractivity contribution < 1.29 is 22.0 Å². The fourth-order valence-electron chi connectivity index (χ4n) is 1.48. The Kier molecular flexibility index (Phi) is 4.43. The standard InChI is InChI=1S/C12H6BrF5N2S/c13-5-1-7(12(16,17)18)11(20-4-5)21-10-8(14)2-6(19)3-9(10)15/h1-4H,19H2. The van der Waals surface area contributed by atoms with Crippen LogP contribution in [0.25, 0.3) is 0 Å². The number of hydrogen-bond donors (Lipinski definition) is 1. The molecule has 9 heteroatoms. The van der Waals surface area contributed by atoms with Crippen molar-refractivity contribution in [3.8, 4) is 0 Å². The van der Waals surface area contributed by atoms with E-state index in [2.05, 4.69) is 20.9 Å². The molecule has 0 aliphatic heterocycles. The highest BCUT2D eigenvalue weighted by Crippen LogP contribution is 2.41. The maximum absolute atomic E-state index is 13.6. The first kappa shape index (κ1) is 16.0. The number of alkyl halides is 3. The van der Waals surface area contributed by atoms with Crippen LogP contribution in [0.4, 0.5) is 27.6 Å². The third-order valence-electron chi connectivity index (χ3n) is 2.34. The number of benzene rings is 1. The monoisotopic (exact) mass is 384 g/mol. The number of rotatable bonds is 2. The molecule has 0 aliphatic carbocycles. The maximum Gasteiger partial charge on any atom is 0.419 e. The highest BCUT2D eigenvalue weighted by Gasteiger charge is 2.35. The molecule has 0 saturated carbocycles. The molecule has 0 fully saturated rings. The van der Waals surface area contributed by atoms with Gasteiger partial charge in [0.05, 0.1) is 10.5 Å². The van der Waals surface area contributed by atoms with Crippen LogP contribution < -0.4 is 5.73 Å². The van der Waals surface area contributed by atoms with Gasteiger partial charge in [-0.15, -0.1) is 0 Å². The Morgan fingerprint density at radius 3 is 2.19 bits per heavy atom. The van der Waals surface area contributed by atoms with Crippen LogP contribution in [0.1, 0.15) is 5.56 Å². The molecule has 21 heavy (non-hydrogen) atoms. The van der Waals surface area contributed by atoms with E-state index in [1.807, 2.05) is 0 Å². The largest absolute Gasteiger partial charge is 0.419 e. The number of pyridine rings is 1. The smallest absolute Gasteiger partial charge is 0.399 e. The average molecular weight is 385 g/mol. The number of nitrogen functional groups attached to an aromatic ring is 1. The van der Waals surface area contributed by atoms with E-state index in [4.69, 9.17) is 5.73 Å². The molecule has 0 amide bonds. The number of nitrogens with zero attached hydrogens (tertiary/aromatic N) is 1. The van der Waals surface area contributed by atoms with Gasteiger partial charge in [-0.3, -0.25) is 0 Å². The van der Waals surface area contributed by atoms with Crippen molar-refractivity contribution in [3.05, 3.63) is 46.1 Å².